The average Bonchev–Trinajstić information content (AvgIpc) is 2.66. The monoisotopic (exact) mass is 406 g/mol. The lowest BCUT2D eigenvalue weighted by Crippen LogP contribution is -2.34. The molecule has 2 rings (SSSR count). The molecule has 1 aromatic carbocycles. The fraction of sp³-hybridized carbons (Fsp3) is 0.450. The van der Waals surface area contributed by atoms with Crippen LogP contribution in [-0.2, 0) is 11.2 Å². The Hall–Kier alpha value is -1.79. The van der Waals surface area contributed by atoms with Gasteiger partial charge in [-0.2, -0.15) is 0 Å². The van der Waals surface area contributed by atoms with Gasteiger partial charge in [-0.3, -0.25) is 4.79 Å². The Morgan fingerprint density at radius 1 is 1.22 bits per heavy atom. The molecule has 146 valence electrons. The van der Waals surface area contributed by atoms with Crippen LogP contribution in [0.1, 0.15) is 32.8 Å². The summed E-state index contributed by atoms with van der Waals surface area (Å²) in [4.78, 5) is 23.1. The lowest BCUT2D eigenvalue weighted by Gasteiger charge is -2.20. The topological polar surface area (TPSA) is 58.1 Å². The van der Waals surface area contributed by atoms with Gasteiger partial charge in [0.25, 0.3) is 0 Å². The second-order valence-electron chi connectivity index (χ2n) is 6.29. The minimum atomic E-state index is -0.0199. The van der Waals surface area contributed by atoms with Gasteiger partial charge < -0.3 is 10.2 Å². The van der Waals surface area contributed by atoms with Crippen molar-refractivity contribution in [3.8, 4) is 0 Å². The van der Waals surface area contributed by atoms with Crippen LogP contribution in [0.2, 0.25) is 5.15 Å². The summed E-state index contributed by atoms with van der Waals surface area (Å²) in [5.41, 5.74) is 1.28. The Labute approximate surface area is 170 Å². The van der Waals surface area contributed by atoms with E-state index in [-0.39, 0.29) is 17.7 Å². The molecule has 0 aliphatic heterocycles. The zero-order chi connectivity index (χ0) is 19.6. The second-order valence-corrected chi connectivity index (χ2v) is 7.61. The van der Waals surface area contributed by atoms with Crippen LogP contribution in [0.15, 0.2) is 41.6 Å². The molecule has 7 heteroatoms. The predicted octanol–water partition coefficient (Wildman–Crippen LogP) is 4.21. The molecule has 27 heavy (non-hydrogen) atoms. The van der Waals surface area contributed by atoms with E-state index in [4.69, 9.17) is 11.6 Å². The van der Waals surface area contributed by atoms with Gasteiger partial charge >= 0.3 is 0 Å². The number of carbonyl (C=O) groups excluding carboxylic acids is 1. The van der Waals surface area contributed by atoms with Crippen LogP contribution < -0.4 is 10.2 Å². The second kappa shape index (κ2) is 11.1. The number of aryl methyl sites for hydroxylation is 1. The van der Waals surface area contributed by atoms with Crippen molar-refractivity contribution < 1.29 is 4.79 Å². The number of nitrogens with one attached hydrogen (secondary N) is 1. The third-order valence-corrected chi connectivity index (χ3v) is 5.24. The Morgan fingerprint density at radius 2 is 1.93 bits per heavy atom. The molecule has 0 saturated carbocycles. The summed E-state index contributed by atoms with van der Waals surface area (Å²) in [6.45, 7) is 7.84. The standard InChI is InChI=1S/C20H27ClN4OS/c1-4-25(5-2)18-13-17(21)23-20(24-18)27-14-19(26)22-15(3)11-12-16-9-7-6-8-10-16/h6-10,13,15H,4-5,11-12,14H2,1-3H3,(H,22,26). The molecule has 1 atom stereocenters. The fourth-order valence-electron chi connectivity index (χ4n) is 2.71. The summed E-state index contributed by atoms with van der Waals surface area (Å²) in [7, 11) is 0. The van der Waals surface area contributed by atoms with Crippen LogP contribution in [0.3, 0.4) is 0 Å². The van der Waals surface area contributed by atoms with Gasteiger partial charge in [-0.25, -0.2) is 9.97 Å². The van der Waals surface area contributed by atoms with Crippen molar-refractivity contribution in [2.75, 3.05) is 23.7 Å². The van der Waals surface area contributed by atoms with E-state index in [1.165, 1.54) is 17.3 Å². The normalized spacial score (nSPS) is 11.9. The number of anilines is 1. The number of nitrogens with zero attached hydrogens (tertiary/aromatic N) is 3. The molecule has 0 aliphatic carbocycles. The highest BCUT2D eigenvalue weighted by Gasteiger charge is 2.12. The number of hydrogen-bond acceptors (Lipinski definition) is 5. The minimum Gasteiger partial charge on any atom is -0.357 e. The molecule has 0 saturated heterocycles. The van der Waals surface area contributed by atoms with Crippen LogP contribution in [0.4, 0.5) is 5.82 Å². The Balaban J connectivity index is 1.82. The van der Waals surface area contributed by atoms with Crippen molar-refractivity contribution in [1.29, 1.82) is 0 Å². The first-order valence-corrected chi connectivity index (χ1v) is 10.6. The van der Waals surface area contributed by atoms with Crippen LogP contribution in [0.25, 0.3) is 0 Å². The van der Waals surface area contributed by atoms with Gasteiger partial charge in [-0.05, 0) is 39.2 Å². The van der Waals surface area contributed by atoms with Crippen LogP contribution in [0.5, 0.6) is 0 Å². The molecular weight excluding hydrogens is 380 g/mol. The molecule has 1 heterocycles. The van der Waals surface area contributed by atoms with Gasteiger partial charge in [0.2, 0.25) is 5.91 Å². The van der Waals surface area contributed by atoms with Gasteiger partial charge in [0.05, 0.1) is 5.75 Å². The van der Waals surface area contributed by atoms with Gasteiger partial charge in [0.1, 0.15) is 11.0 Å². The summed E-state index contributed by atoms with van der Waals surface area (Å²) >= 11 is 7.42. The number of thioether (sulfide) groups is 1. The maximum absolute atomic E-state index is 12.2. The molecule has 0 bridgehead atoms. The number of carbonyl (C=O) groups is 1. The Morgan fingerprint density at radius 3 is 2.59 bits per heavy atom. The molecule has 1 aromatic heterocycles. The third kappa shape index (κ3) is 7.39. The van der Waals surface area contributed by atoms with Gasteiger partial charge in [-0.15, -0.1) is 0 Å². The molecule has 1 N–H and O–H groups in total. The number of amides is 1. The fourth-order valence-corrected chi connectivity index (χ4v) is 3.60. The zero-order valence-electron chi connectivity index (χ0n) is 16.1. The maximum Gasteiger partial charge on any atom is 0.230 e. The predicted molar refractivity (Wildman–Crippen MR) is 114 cm³/mol. The first kappa shape index (κ1) is 21.5. The first-order valence-electron chi connectivity index (χ1n) is 9.27. The highest BCUT2D eigenvalue weighted by atomic mass is 35.5. The summed E-state index contributed by atoms with van der Waals surface area (Å²) < 4.78 is 0. The molecule has 0 aliphatic rings. The van der Waals surface area contributed by atoms with Crippen molar-refractivity contribution in [2.24, 2.45) is 0 Å². The number of rotatable bonds is 10. The van der Waals surface area contributed by atoms with Gasteiger partial charge in [0, 0.05) is 25.2 Å². The van der Waals surface area contributed by atoms with Crippen LogP contribution in [-0.4, -0.2) is 40.8 Å². The summed E-state index contributed by atoms with van der Waals surface area (Å²) in [5.74, 6) is 1.04. The molecule has 0 spiro atoms. The van der Waals surface area contributed by atoms with E-state index in [2.05, 4.69) is 46.2 Å². The molecule has 1 amide bonds. The van der Waals surface area contributed by atoms with Crippen molar-refractivity contribution in [2.45, 2.75) is 44.8 Å². The largest absolute Gasteiger partial charge is 0.357 e. The third-order valence-electron chi connectivity index (χ3n) is 4.20. The van der Waals surface area contributed by atoms with Crippen molar-refractivity contribution in [1.82, 2.24) is 15.3 Å². The smallest absolute Gasteiger partial charge is 0.230 e. The lowest BCUT2D eigenvalue weighted by molar-refractivity contribution is -0.119. The summed E-state index contributed by atoms with van der Waals surface area (Å²) in [5, 5.41) is 3.95. The number of halogens is 1. The van der Waals surface area contributed by atoms with Crippen LogP contribution in [0, 0.1) is 0 Å². The molecule has 1 unspecified atom stereocenters. The highest BCUT2D eigenvalue weighted by Crippen LogP contribution is 2.21. The molecular formula is C20H27ClN4OS. The quantitative estimate of drug-likeness (QED) is 0.364. The number of aromatic nitrogens is 2. The van der Waals surface area contributed by atoms with Crippen molar-refractivity contribution in [3.63, 3.8) is 0 Å². The van der Waals surface area contributed by atoms with Gasteiger partial charge in [-0.1, -0.05) is 53.7 Å². The highest BCUT2D eigenvalue weighted by molar-refractivity contribution is 7.99. The molecule has 0 radical (unpaired) electrons. The average molecular weight is 407 g/mol. The molecule has 0 fully saturated rings. The first-order chi connectivity index (χ1) is 13.0. The Kier molecular flexibility index (Phi) is 8.88. The number of benzene rings is 1. The lowest BCUT2D eigenvalue weighted by atomic mass is 10.1. The van der Waals surface area contributed by atoms with Crippen molar-refractivity contribution in [3.05, 3.63) is 47.1 Å². The SMILES string of the molecule is CCN(CC)c1cc(Cl)nc(SCC(=O)NC(C)CCc2ccccc2)n1. The van der Waals surface area contributed by atoms with Crippen LogP contribution >= 0.6 is 23.4 Å². The maximum atomic E-state index is 12.2. The van der Waals surface area contributed by atoms with E-state index in [1.807, 2.05) is 25.1 Å². The molecule has 2 aromatic rings. The zero-order valence-corrected chi connectivity index (χ0v) is 17.7. The van der Waals surface area contributed by atoms with E-state index in [1.54, 1.807) is 6.07 Å². The minimum absolute atomic E-state index is 0.0199. The summed E-state index contributed by atoms with van der Waals surface area (Å²) in [6.07, 6.45) is 1.85. The van der Waals surface area contributed by atoms with E-state index in [0.717, 1.165) is 31.7 Å². The number of hydrogen-bond donors (Lipinski definition) is 1. The van der Waals surface area contributed by atoms with E-state index in [0.29, 0.717) is 10.3 Å². The van der Waals surface area contributed by atoms with Gasteiger partial charge in [0.15, 0.2) is 5.16 Å². The summed E-state index contributed by atoms with van der Waals surface area (Å²) in [6, 6.07) is 12.2. The van der Waals surface area contributed by atoms with Crippen molar-refractivity contribution >= 4 is 35.1 Å². The van der Waals surface area contributed by atoms with E-state index in [9.17, 15) is 4.79 Å². The molecule has 5 nitrogen and oxygen atoms in total. The van der Waals surface area contributed by atoms with E-state index >= 15 is 0 Å². The Bertz CT molecular complexity index is 725. The van der Waals surface area contributed by atoms with E-state index < -0.39 is 0 Å².